The minimum absolute atomic E-state index is 0.116. The maximum Gasteiger partial charge on any atom is 0.186 e. The van der Waals surface area contributed by atoms with Gasteiger partial charge in [-0.2, -0.15) is 0 Å². The third kappa shape index (κ3) is 2.47. The predicted octanol–water partition coefficient (Wildman–Crippen LogP) is 2.13. The minimum Gasteiger partial charge on any atom is -0.411 e. The van der Waals surface area contributed by atoms with Crippen molar-refractivity contribution < 1.29 is 9.94 Å². The number of hydrogen-bond acceptors (Lipinski definition) is 6. The van der Waals surface area contributed by atoms with Crippen LogP contribution >= 0.6 is 11.3 Å². The van der Waals surface area contributed by atoms with Gasteiger partial charge in [-0.25, -0.2) is 4.98 Å². The van der Waals surface area contributed by atoms with E-state index in [1.54, 1.807) is 11.3 Å². The number of anilines is 1. The summed E-state index contributed by atoms with van der Waals surface area (Å²) in [7, 11) is 0. The molecule has 3 rings (SSSR count). The molecule has 0 saturated carbocycles. The third-order valence-corrected chi connectivity index (χ3v) is 4.85. The molecule has 0 radical (unpaired) electrons. The summed E-state index contributed by atoms with van der Waals surface area (Å²) >= 11 is 1.64. The van der Waals surface area contributed by atoms with Crippen molar-refractivity contribution in [2.24, 2.45) is 10.6 Å². The number of thiazole rings is 1. The average Bonchev–Trinajstić information content (AvgIpc) is 2.81. The molecule has 1 fully saturated rings. The Bertz CT molecular complexity index is 504. The summed E-state index contributed by atoms with van der Waals surface area (Å²) in [5.41, 5.74) is 1.98. The second-order valence-electron chi connectivity index (χ2n) is 5.94. The van der Waals surface area contributed by atoms with Crippen LogP contribution in [0.1, 0.15) is 30.8 Å². The molecule has 0 aromatic carbocycles. The Balaban J connectivity index is 1.93. The predicted molar refractivity (Wildman–Crippen MR) is 75.6 cm³/mol. The number of rotatable bonds is 1. The van der Waals surface area contributed by atoms with Gasteiger partial charge in [0.25, 0.3) is 0 Å². The van der Waals surface area contributed by atoms with Gasteiger partial charge in [-0.3, -0.25) is 0 Å². The van der Waals surface area contributed by atoms with Gasteiger partial charge in [-0.1, -0.05) is 30.3 Å². The van der Waals surface area contributed by atoms with E-state index < -0.39 is 0 Å². The first-order valence-corrected chi connectivity index (χ1v) is 7.44. The molecule has 1 aliphatic carbocycles. The molecule has 0 spiro atoms. The number of aromatic nitrogens is 1. The fraction of sp³-hybridized carbons (Fsp3) is 0.692. The first-order valence-electron chi connectivity index (χ1n) is 6.63. The number of morpholine rings is 1. The smallest absolute Gasteiger partial charge is 0.186 e. The van der Waals surface area contributed by atoms with Crippen LogP contribution < -0.4 is 4.90 Å². The van der Waals surface area contributed by atoms with Gasteiger partial charge in [-0.05, 0) is 18.3 Å². The molecule has 0 bridgehead atoms. The maximum atomic E-state index is 9.22. The van der Waals surface area contributed by atoms with Crippen LogP contribution in [0.15, 0.2) is 5.16 Å². The van der Waals surface area contributed by atoms with Gasteiger partial charge in [0.05, 0.1) is 29.5 Å². The van der Waals surface area contributed by atoms with E-state index in [1.807, 2.05) is 0 Å². The van der Waals surface area contributed by atoms with Crippen molar-refractivity contribution in [3.05, 3.63) is 10.6 Å². The van der Waals surface area contributed by atoms with Crippen LogP contribution in [-0.2, 0) is 11.2 Å². The zero-order valence-corrected chi connectivity index (χ0v) is 12.2. The summed E-state index contributed by atoms with van der Waals surface area (Å²) in [5, 5.41) is 13.7. The average molecular weight is 281 g/mol. The lowest BCUT2D eigenvalue weighted by molar-refractivity contribution is 0.122. The van der Waals surface area contributed by atoms with Crippen LogP contribution in [0.2, 0.25) is 0 Å². The summed E-state index contributed by atoms with van der Waals surface area (Å²) in [5.74, 6) is 0. The van der Waals surface area contributed by atoms with Gasteiger partial charge in [0.15, 0.2) is 5.13 Å². The van der Waals surface area contributed by atoms with E-state index in [0.29, 0.717) is 0 Å². The van der Waals surface area contributed by atoms with Crippen LogP contribution in [0, 0.1) is 5.41 Å². The molecule has 6 heteroatoms. The molecular formula is C13H19N3O2S. The van der Waals surface area contributed by atoms with E-state index in [9.17, 15) is 5.21 Å². The van der Waals surface area contributed by atoms with Crippen molar-refractivity contribution in [1.29, 1.82) is 0 Å². The van der Waals surface area contributed by atoms with Crippen molar-refractivity contribution in [3.63, 3.8) is 0 Å². The molecular weight excluding hydrogens is 262 g/mol. The van der Waals surface area contributed by atoms with Crippen LogP contribution in [-0.4, -0.2) is 42.2 Å². The Morgan fingerprint density at radius 3 is 2.74 bits per heavy atom. The zero-order valence-electron chi connectivity index (χ0n) is 11.3. The van der Waals surface area contributed by atoms with Gasteiger partial charge in [0, 0.05) is 13.1 Å². The Hall–Kier alpha value is -1.14. The summed E-state index contributed by atoms with van der Waals surface area (Å²) in [4.78, 5) is 8.08. The molecule has 19 heavy (non-hydrogen) atoms. The highest BCUT2D eigenvalue weighted by Crippen LogP contribution is 2.39. The minimum atomic E-state index is 0.116. The molecule has 1 aliphatic heterocycles. The lowest BCUT2D eigenvalue weighted by Crippen LogP contribution is -2.36. The molecule has 5 nitrogen and oxygen atoms in total. The summed E-state index contributed by atoms with van der Waals surface area (Å²) in [6.45, 7) is 7.68. The van der Waals surface area contributed by atoms with Gasteiger partial charge < -0.3 is 14.8 Å². The molecule has 0 unspecified atom stereocenters. The zero-order chi connectivity index (χ0) is 13.5. The summed E-state index contributed by atoms with van der Waals surface area (Å²) in [6.07, 6.45) is 1.75. The van der Waals surface area contributed by atoms with E-state index in [0.717, 1.165) is 60.6 Å². The monoisotopic (exact) mass is 281 g/mol. The normalized spacial score (nSPS) is 24.5. The molecule has 1 saturated heterocycles. The van der Waals surface area contributed by atoms with Crippen LogP contribution in [0.25, 0.3) is 0 Å². The highest BCUT2D eigenvalue weighted by Gasteiger charge is 2.33. The number of fused-ring (bicyclic) bond motifs is 1. The van der Waals surface area contributed by atoms with E-state index >= 15 is 0 Å². The molecule has 1 aromatic heterocycles. The molecule has 2 aliphatic rings. The Labute approximate surface area is 116 Å². The summed E-state index contributed by atoms with van der Waals surface area (Å²) < 4.78 is 5.37. The first-order chi connectivity index (χ1) is 9.09. The molecule has 0 amide bonds. The van der Waals surface area contributed by atoms with Crippen LogP contribution in [0.4, 0.5) is 5.13 Å². The first kappa shape index (κ1) is 12.9. The molecule has 0 atom stereocenters. The lowest BCUT2D eigenvalue weighted by Gasteiger charge is -2.28. The fourth-order valence-corrected chi connectivity index (χ4v) is 3.82. The second-order valence-corrected chi connectivity index (χ2v) is 6.91. The SMILES string of the molecule is CC1(C)C/C(=N\O)c2sc(N3CCOCC3)nc2C1. The van der Waals surface area contributed by atoms with Crippen LogP contribution in [0.5, 0.6) is 0 Å². The van der Waals surface area contributed by atoms with Crippen molar-refractivity contribution in [2.75, 3.05) is 31.2 Å². The van der Waals surface area contributed by atoms with Gasteiger partial charge in [0.2, 0.25) is 0 Å². The van der Waals surface area contributed by atoms with E-state index in [2.05, 4.69) is 23.9 Å². The van der Waals surface area contributed by atoms with Crippen molar-refractivity contribution >= 4 is 22.2 Å². The second kappa shape index (κ2) is 4.76. The lowest BCUT2D eigenvalue weighted by atomic mass is 9.78. The van der Waals surface area contributed by atoms with Crippen molar-refractivity contribution in [3.8, 4) is 0 Å². The number of hydrogen-bond donors (Lipinski definition) is 1. The number of oxime groups is 1. The summed E-state index contributed by atoms with van der Waals surface area (Å²) in [6, 6.07) is 0. The largest absolute Gasteiger partial charge is 0.411 e. The highest BCUT2D eigenvalue weighted by atomic mass is 32.1. The quantitative estimate of drug-likeness (QED) is 0.633. The fourth-order valence-electron chi connectivity index (χ4n) is 2.70. The highest BCUT2D eigenvalue weighted by molar-refractivity contribution is 7.17. The van der Waals surface area contributed by atoms with E-state index in [4.69, 9.17) is 9.72 Å². The van der Waals surface area contributed by atoms with Crippen molar-refractivity contribution in [1.82, 2.24) is 4.98 Å². The molecule has 2 heterocycles. The van der Waals surface area contributed by atoms with Crippen LogP contribution in [0.3, 0.4) is 0 Å². The molecule has 1 N–H and O–H groups in total. The number of ether oxygens (including phenoxy) is 1. The Kier molecular flexibility index (Phi) is 3.22. The Morgan fingerprint density at radius 2 is 2.05 bits per heavy atom. The topological polar surface area (TPSA) is 58.0 Å². The maximum absolute atomic E-state index is 9.22. The molecule has 104 valence electrons. The van der Waals surface area contributed by atoms with Gasteiger partial charge in [-0.15, -0.1) is 0 Å². The Morgan fingerprint density at radius 1 is 1.32 bits per heavy atom. The van der Waals surface area contributed by atoms with E-state index in [1.165, 1.54) is 0 Å². The third-order valence-electron chi connectivity index (χ3n) is 3.64. The number of nitrogens with zero attached hydrogens (tertiary/aromatic N) is 3. The standard InChI is InChI=1S/C13H19N3O2S/c1-13(2)7-9-11(10(8-13)15-17)19-12(14-9)16-3-5-18-6-4-16/h17H,3-8H2,1-2H3/b15-10+. The van der Waals surface area contributed by atoms with Gasteiger partial charge >= 0.3 is 0 Å². The van der Waals surface area contributed by atoms with Gasteiger partial charge in [0.1, 0.15) is 0 Å². The van der Waals surface area contributed by atoms with E-state index in [-0.39, 0.29) is 5.41 Å². The van der Waals surface area contributed by atoms with Crippen molar-refractivity contribution in [2.45, 2.75) is 26.7 Å². The molecule has 1 aromatic rings.